The average Bonchev–Trinajstić information content (AvgIpc) is 3.48. The minimum Gasteiger partial charge on any atom is -0.497 e. The molecule has 1 aromatic heterocycles. The maximum atomic E-state index is 12.6. The lowest BCUT2D eigenvalue weighted by atomic mass is 10.1. The minimum absolute atomic E-state index is 0.00657. The van der Waals surface area contributed by atoms with Gasteiger partial charge in [-0.15, -0.1) is 0 Å². The number of fused-ring (bicyclic) bond motifs is 1. The molecule has 3 aromatic rings. The van der Waals surface area contributed by atoms with Crippen molar-refractivity contribution in [2.45, 2.75) is 24.2 Å². The van der Waals surface area contributed by atoms with Crippen LogP contribution in [0.1, 0.15) is 28.8 Å². The van der Waals surface area contributed by atoms with Gasteiger partial charge in [0.2, 0.25) is 15.9 Å². The lowest BCUT2D eigenvalue weighted by molar-refractivity contribution is -0.121. The summed E-state index contributed by atoms with van der Waals surface area (Å²) in [6, 6.07) is 10.9. The number of nitrogens with one attached hydrogen (secondary N) is 2. The topological polar surface area (TPSA) is 118 Å². The van der Waals surface area contributed by atoms with E-state index in [-0.39, 0.29) is 16.9 Å². The second-order valence-electron chi connectivity index (χ2n) is 7.44. The molecule has 0 bridgehead atoms. The standard InChI is InChI=1S/C22H23N3O6S/c1-30-17-6-9-19-16(14-31-20(19)13-17)12-21(26)23-24-22(27)15-4-7-18(8-5-15)32(28,29)25-10-2-3-11-25/h4-9,13-14H,2-3,10-12H2,1H3,(H,23,26)(H,24,27). The first-order chi connectivity index (χ1) is 15.4. The Labute approximate surface area is 185 Å². The van der Waals surface area contributed by atoms with Gasteiger partial charge < -0.3 is 9.15 Å². The van der Waals surface area contributed by atoms with Gasteiger partial charge in [-0.3, -0.25) is 20.4 Å². The summed E-state index contributed by atoms with van der Waals surface area (Å²) in [4.78, 5) is 24.7. The monoisotopic (exact) mass is 457 g/mol. The van der Waals surface area contributed by atoms with E-state index in [4.69, 9.17) is 9.15 Å². The molecule has 0 unspecified atom stereocenters. The van der Waals surface area contributed by atoms with E-state index in [1.54, 1.807) is 25.3 Å². The number of furan rings is 1. The van der Waals surface area contributed by atoms with Crippen molar-refractivity contribution < 1.29 is 27.2 Å². The van der Waals surface area contributed by atoms with Crippen LogP contribution < -0.4 is 15.6 Å². The van der Waals surface area contributed by atoms with Gasteiger partial charge in [0.25, 0.3) is 5.91 Å². The maximum absolute atomic E-state index is 12.6. The number of carbonyl (C=O) groups excluding carboxylic acids is 2. The maximum Gasteiger partial charge on any atom is 0.269 e. The lowest BCUT2D eigenvalue weighted by Crippen LogP contribution is -2.42. The molecule has 10 heteroatoms. The van der Waals surface area contributed by atoms with Crippen LogP contribution in [0.15, 0.2) is 58.0 Å². The SMILES string of the molecule is COc1ccc2c(CC(=O)NNC(=O)c3ccc(S(=O)(=O)N4CCCC4)cc3)coc2c1. The number of benzene rings is 2. The van der Waals surface area contributed by atoms with Crippen LogP contribution in [0.5, 0.6) is 5.75 Å². The van der Waals surface area contributed by atoms with Gasteiger partial charge in [0, 0.05) is 35.7 Å². The molecule has 32 heavy (non-hydrogen) atoms. The van der Waals surface area contributed by atoms with Crippen LogP contribution in [0.25, 0.3) is 11.0 Å². The summed E-state index contributed by atoms with van der Waals surface area (Å²) in [6.45, 7) is 1.02. The zero-order valence-corrected chi connectivity index (χ0v) is 18.3. The molecule has 0 saturated carbocycles. The molecule has 168 valence electrons. The fourth-order valence-corrected chi connectivity index (χ4v) is 5.12. The smallest absolute Gasteiger partial charge is 0.269 e. The summed E-state index contributed by atoms with van der Waals surface area (Å²) in [6.07, 6.45) is 3.20. The Hall–Kier alpha value is -3.37. The second kappa shape index (κ2) is 9.01. The molecule has 0 radical (unpaired) electrons. The Kier molecular flexibility index (Phi) is 6.15. The van der Waals surface area contributed by atoms with E-state index in [0.29, 0.717) is 30.0 Å². The number of hydrogen-bond acceptors (Lipinski definition) is 6. The molecule has 4 rings (SSSR count). The van der Waals surface area contributed by atoms with Crippen molar-refractivity contribution in [3.8, 4) is 5.75 Å². The predicted octanol–water partition coefficient (Wildman–Crippen LogP) is 2.23. The van der Waals surface area contributed by atoms with Crippen LogP contribution in [0, 0.1) is 0 Å². The van der Waals surface area contributed by atoms with Crippen molar-refractivity contribution in [1.29, 1.82) is 0 Å². The zero-order valence-electron chi connectivity index (χ0n) is 17.5. The quantitative estimate of drug-likeness (QED) is 0.548. The van der Waals surface area contributed by atoms with Crippen LogP contribution in [-0.4, -0.2) is 44.7 Å². The zero-order chi connectivity index (χ0) is 22.7. The molecule has 2 aromatic carbocycles. The normalized spacial score (nSPS) is 14.4. The van der Waals surface area contributed by atoms with Crippen molar-refractivity contribution in [2.24, 2.45) is 0 Å². The first kappa shape index (κ1) is 21.8. The Morgan fingerprint density at radius 3 is 2.47 bits per heavy atom. The van der Waals surface area contributed by atoms with E-state index >= 15 is 0 Å². The van der Waals surface area contributed by atoms with Crippen LogP contribution in [0.4, 0.5) is 0 Å². The number of rotatable bonds is 6. The molecular weight excluding hydrogens is 434 g/mol. The lowest BCUT2D eigenvalue weighted by Gasteiger charge is -2.15. The van der Waals surface area contributed by atoms with Gasteiger partial charge in [-0.2, -0.15) is 4.31 Å². The first-order valence-corrected chi connectivity index (χ1v) is 11.6. The number of hydrogen-bond donors (Lipinski definition) is 2. The van der Waals surface area contributed by atoms with Gasteiger partial charge in [-0.25, -0.2) is 8.42 Å². The van der Waals surface area contributed by atoms with Crippen molar-refractivity contribution in [1.82, 2.24) is 15.2 Å². The van der Waals surface area contributed by atoms with Crippen LogP contribution >= 0.6 is 0 Å². The summed E-state index contributed by atoms with van der Waals surface area (Å²) < 4.78 is 37.2. The fourth-order valence-electron chi connectivity index (χ4n) is 3.60. The molecule has 0 atom stereocenters. The summed E-state index contributed by atoms with van der Waals surface area (Å²) >= 11 is 0. The van der Waals surface area contributed by atoms with E-state index in [1.807, 2.05) is 0 Å². The number of amides is 2. The summed E-state index contributed by atoms with van der Waals surface area (Å²) in [7, 11) is -1.99. The van der Waals surface area contributed by atoms with Gasteiger partial charge in [0.1, 0.15) is 11.3 Å². The van der Waals surface area contributed by atoms with Gasteiger partial charge in [-0.1, -0.05) is 0 Å². The van der Waals surface area contributed by atoms with E-state index in [0.717, 1.165) is 18.2 Å². The highest BCUT2D eigenvalue weighted by atomic mass is 32.2. The van der Waals surface area contributed by atoms with Crippen LogP contribution in [0.2, 0.25) is 0 Å². The minimum atomic E-state index is -3.54. The summed E-state index contributed by atoms with van der Waals surface area (Å²) in [5.41, 5.74) is 6.20. The van der Waals surface area contributed by atoms with Crippen molar-refractivity contribution in [2.75, 3.05) is 20.2 Å². The third-order valence-electron chi connectivity index (χ3n) is 5.35. The van der Waals surface area contributed by atoms with Crippen LogP contribution in [-0.2, 0) is 21.2 Å². The number of hydrazine groups is 1. The molecule has 1 saturated heterocycles. The van der Waals surface area contributed by atoms with Crippen molar-refractivity contribution in [3.05, 3.63) is 59.9 Å². The number of ether oxygens (including phenoxy) is 1. The Bertz CT molecular complexity index is 1240. The largest absolute Gasteiger partial charge is 0.497 e. The molecular formula is C22H23N3O6S. The first-order valence-electron chi connectivity index (χ1n) is 10.1. The molecule has 1 fully saturated rings. The van der Waals surface area contributed by atoms with Gasteiger partial charge >= 0.3 is 0 Å². The average molecular weight is 458 g/mol. The van der Waals surface area contributed by atoms with E-state index in [9.17, 15) is 18.0 Å². The highest BCUT2D eigenvalue weighted by molar-refractivity contribution is 7.89. The summed E-state index contributed by atoms with van der Waals surface area (Å²) in [5.74, 6) is -0.329. The van der Waals surface area contributed by atoms with E-state index < -0.39 is 21.8 Å². The molecule has 1 aliphatic rings. The highest BCUT2D eigenvalue weighted by Gasteiger charge is 2.27. The van der Waals surface area contributed by atoms with Gasteiger partial charge in [0.15, 0.2) is 0 Å². The van der Waals surface area contributed by atoms with Crippen LogP contribution in [0.3, 0.4) is 0 Å². The number of nitrogens with zero attached hydrogens (tertiary/aromatic N) is 1. The van der Waals surface area contributed by atoms with Gasteiger partial charge in [-0.05, 0) is 49.2 Å². The summed E-state index contributed by atoms with van der Waals surface area (Å²) in [5, 5.41) is 0.780. The van der Waals surface area contributed by atoms with E-state index in [2.05, 4.69) is 10.9 Å². The van der Waals surface area contributed by atoms with E-state index in [1.165, 1.54) is 34.8 Å². The predicted molar refractivity (Wildman–Crippen MR) is 117 cm³/mol. The molecule has 1 aliphatic heterocycles. The van der Waals surface area contributed by atoms with Gasteiger partial charge in [0.05, 0.1) is 24.7 Å². The number of methoxy groups -OCH3 is 1. The molecule has 9 nitrogen and oxygen atoms in total. The van der Waals surface area contributed by atoms with Crippen molar-refractivity contribution >= 4 is 32.8 Å². The molecule has 2 amide bonds. The molecule has 2 N–H and O–H groups in total. The Morgan fingerprint density at radius 1 is 1.06 bits per heavy atom. The number of sulfonamides is 1. The molecule has 0 spiro atoms. The molecule has 2 heterocycles. The van der Waals surface area contributed by atoms with Crippen molar-refractivity contribution in [3.63, 3.8) is 0 Å². The Morgan fingerprint density at radius 2 is 1.78 bits per heavy atom. The second-order valence-corrected chi connectivity index (χ2v) is 9.38. The third-order valence-corrected chi connectivity index (χ3v) is 7.26. The molecule has 0 aliphatic carbocycles. The number of carbonyl (C=O) groups is 2. The third kappa shape index (κ3) is 4.46. The Balaban J connectivity index is 1.35. The fraction of sp³-hybridized carbons (Fsp3) is 0.273. The highest BCUT2D eigenvalue weighted by Crippen LogP contribution is 2.26.